The molecule has 0 amide bonds. The van der Waals surface area contributed by atoms with Crippen LogP contribution in [0.4, 0.5) is 0 Å². The minimum atomic E-state index is 0.554. The zero-order chi connectivity index (χ0) is 13.5. The highest BCUT2D eigenvalue weighted by molar-refractivity contribution is 5.43. The molecule has 0 saturated heterocycles. The van der Waals surface area contributed by atoms with Crippen molar-refractivity contribution in [2.75, 3.05) is 13.7 Å². The van der Waals surface area contributed by atoms with Crippen LogP contribution < -0.4 is 10.1 Å². The number of rotatable bonds is 3. The van der Waals surface area contributed by atoms with Gasteiger partial charge in [-0.25, -0.2) is 0 Å². The molecule has 0 aromatic heterocycles. The van der Waals surface area contributed by atoms with Crippen LogP contribution in [0.1, 0.15) is 49.3 Å². The molecule has 1 aromatic rings. The summed E-state index contributed by atoms with van der Waals surface area (Å²) < 4.78 is 5.55. The first-order valence-corrected chi connectivity index (χ1v) is 8.24. The summed E-state index contributed by atoms with van der Waals surface area (Å²) in [5.41, 5.74) is 2.94. The van der Waals surface area contributed by atoms with Crippen LogP contribution in [0.15, 0.2) is 18.2 Å². The highest BCUT2D eigenvalue weighted by atomic mass is 16.5. The highest BCUT2D eigenvalue weighted by Crippen LogP contribution is 2.51. The SMILES string of the molecule is COc1cccc2c1CCNC2CC1CC2CCC1C2. The second-order valence-electron chi connectivity index (χ2n) is 6.96. The maximum absolute atomic E-state index is 5.55. The van der Waals surface area contributed by atoms with Gasteiger partial charge in [0.15, 0.2) is 0 Å². The lowest BCUT2D eigenvalue weighted by molar-refractivity contribution is 0.274. The van der Waals surface area contributed by atoms with Crippen molar-refractivity contribution in [1.29, 1.82) is 0 Å². The molecule has 4 rings (SSSR count). The third-order valence-corrected chi connectivity index (χ3v) is 5.95. The van der Waals surface area contributed by atoms with Gasteiger partial charge in [-0.05, 0) is 68.0 Å². The van der Waals surface area contributed by atoms with Gasteiger partial charge in [-0.1, -0.05) is 18.6 Å². The number of benzene rings is 1. The Balaban J connectivity index is 1.56. The summed E-state index contributed by atoms with van der Waals surface area (Å²) in [6.07, 6.45) is 8.44. The summed E-state index contributed by atoms with van der Waals surface area (Å²) in [5, 5.41) is 3.76. The molecular formula is C18H25NO. The summed E-state index contributed by atoms with van der Waals surface area (Å²) >= 11 is 0. The minimum absolute atomic E-state index is 0.554. The zero-order valence-electron chi connectivity index (χ0n) is 12.4. The zero-order valence-corrected chi connectivity index (χ0v) is 12.4. The van der Waals surface area contributed by atoms with E-state index in [0.717, 1.165) is 36.5 Å². The molecule has 2 fully saturated rings. The molecule has 0 radical (unpaired) electrons. The average molecular weight is 271 g/mol. The first-order chi connectivity index (χ1) is 9.85. The monoisotopic (exact) mass is 271 g/mol. The van der Waals surface area contributed by atoms with Crippen molar-refractivity contribution >= 4 is 0 Å². The minimum Gasteiger partial charge on any atom is -0.496 e. The molecule has 2 nitrogen and oxygen atoms in total. The number of fused-ring (bicyclic) bond motifs is 3. The van der Waals surface area contributed by atoms with E-state index in [1.165, 1.54) is 43.2 Å². The number of methoxy groups -OCH3 is 1. The van der Waals surface area contributed by atoms with Gasteiger partial charge < -0.3 is 10.1 Å². The summed E-state index contributed by atoms with van der Waals surface area (Å²) in [5.74, 6) is 4.13. The van der Waals surface area contributed by atoms with E-state index in [1.54, 1.807) is 7.11 Å². The van der Waals surface area contributed by atoms with Crippen LogP contribution in [-0.2, 0) is 6.42 Å². The van der Waals surface area contributed by atoms with Gasteiger partial charge in [-0.2, -0.15) is 0 Å². The van der Waals surface area contributed by atoms with Crippen LogP contribution in [0, 0.1) is 17.8 Å². The molecule has 2 bridgehead atoms. The van der Waals surface area contributed by atoms with Gasteiger partial charge in [0.2, 0.25) is 0 Å². The van der Waals surface area contributed by atoms with Gasteiger partial charge in [0, 0.05) is 11.6 Å². The lowest BCUT2D eigenvalue weighted by Crippen LogP contribution is -2.32. The molecule has 1 aromatic carbocycles. The molecule has 1 N–H and O–H groups in total. The van der Waals surface area contributed by atoms with E-state index in [9.17, 15) is 0 Å². The van der Waals surface area contributed by atoms with Crippen molar-refractivity contribution in [3.8, 4) is 5.75 Å². The number of hydrogen-bond donors (Lipinski definition) is 1. The van der Waals surface area contributed by atoms with E-state index >= 15 is 0 Å². The topological polar surface area (TPSA) is 21.3 Å². The summed E-state index contributed by atoms with van der Waals surface area (Å²) in [4.78, 5) is 0. The first kappa shape index (κ1) is 12.7. The smallest absolute Gasteiger partial charge is 0.122 e. The molecule has 2 heteroatoms. The van der Waals surface area contributed by atoms with Crippen molar-refractivity contribution in [3.63, 3.8) is 0 Å². The molecule has 1 aliphatic heterocycles. The van der Waals surface area contributed by atoms with E-state index < -0.39 is 0 Å². The Labute approximate surface area is 121 Å². The van der Waals surface area contributed by atoms with Crippen LogP contribution in [-0.4, -0.2) is 13.7 Å². The fraction of sp³-hybridized carbons (Fsp3) is 0.667. The van der Waals surface area contributed by atoms with Crippen LogP contribution >= 0.6 is 0 Å². The standard InChI is InChI=1S/C18H25NO/c1-20-18-4-2-3-15-16(18)7-8-19-17(15)11-14-10-12-5-6-13(14)9-12/h2-4,12-14,17,19H,5-11H2,1H3. The van der Waals surface area contributed by atoms with Gasteiger partial charge >= 0.3 is 0 Å². The largest absolute Gasteiger partial charge is 0.496 e. The Morgan fingerprint density at radius 2 is 2.20 bits per heavy atom. The molecule has 0 spiro atoms. The molecule has 108 valence electrons. The summed E-state index contributed by atoms with van der Waals surface area (Å²) in [6, 6.07) is 7.12. The molecule has 20 heavy (non-hydrogen) atoms. The van der Waals surface area contributed by atoms with E-state index in [0.29, 0.717) is 6.04 Å². The van der Waals surface area contributed by atoms with Gasteiger partial charge in [0.25, 0.3) is 0 Å². The van der Waals surface area contributed by atoms with Crippen LogP contribution in [0.5, 0.6) is 5.75 Å². The molecule has 4 unspecified atom stereocenters. The van der Waals surface area contributed by atoms with Crippen LogP contribution in [0.2, 0.25) is 0 Å². The molecular weight excluding hydrogens is 246 g/mol. The van der Waals surface area contributed by atoms with Gasteiger partial charge in [-0.15, -0.1) is 0 Å². The Morgan fingerprint density at radius 1 is 1.25 bits per heavy atom. The number of ether oxygens (including phenoxy) is 1. The lowest BCUT2D eigenvalue weighted by Gasteiger charge is -2.32. The summed E-state index contributed by atoms with van der Waals surface area (Å²) in [7, 11) is 1.79. The Kier molecular flexibility index (Phi) is 3.22. The molecule has 4 atom stereocenters. The Hall–Kier alpha value is -1.02. The summed E-state index contributed by atoms with van der Waals surface area (Å²) in [6.45, 7) is 1.10. The quantitative estimate of drug-likeness (QED) is 0.905. The second kappa shape index (κ2) is 5.07. The van der Waals surface area contributed by atoms with Crippen molar-refractivity contribution < 1.29 is 4.74 Å². The third kappa shape index (κ3) is 2.05. The Bertz CT molecular complexity index is 498. The van der Waals surface area contributed by atoms with E-state index in [1.807, 2.05) is 0 Å². The normalized spacial score (nSPS) is 35.0. The Morgan fingerprint density at radius 3 is 2.95 bits per heavy atom. The second-order valence-corrected chi connectivity index (χ2v) is 6.96. The fourth-order valence-corrected chi connectivity index (χ4v) is 5.03. The first-order valence-electron chi connectivity index (χ1n) is 8.24. The molecule has 2 saturated carbocycles. The van der Waals surface area contributed by atoms with Crippen molar-refractivity contribution in [3.05, 3.63) is 29.3 Å². The van der Waals surface area contributed by atoms with E-state index in [-0.39, 0.29) is 0 Å². The van der Waals surface area contributed by atoms with Gasteiger partial charge in [0.1, 0.15) is 5.75 Å². The lowest BCUT2D eigenvalue weighted by atomic mass is 9.80. The van der Waals surface area contributed by atoms with Crippen molar-refractivity contribution in [1.82, 2.24) is 5.32 Å². The maximum atomic E-state index is 5.55. The highest BCUT2D eigenvalue weighted by Gasteiger charge is 2.40. The molecule has 1 heterocycles. The maximum Gasteiger partial charge on any atom is 0.122 e. The van der Waals surface area contributed by atoms with E-state index in [4.69, 9.17) is 4.74 Å². The fourth-order valence-electron chi connectivity index (χ4n) is 5.03. The van der Waals surface area contributed by atoms with Crippen molar-refractivity contribution in [2.45, 2.75) is 44.6 Å². The third-order valence-electron chi connectivity index (χ3n) is 5.95. The average Bonchev–Trinajstić information content (AvgIpc) is 3.09. The van der Waals surface area contributed by atoms with E-state index in [2.05, 4.69) is 23.5 Å². The molecule has 2 aliphatic carbocycles. The number of hydrogen-bond acceptors (Lipinski definition) is 2. The van der Waals surface area contributed by atoms with Gasteiger partial charge in [0.05, 0.1) is 7.11 Å². The molecule has 3 aliphatic rings. The van der Waals surface area contributed by atoms with Crippen LogP contribution in [0.25, 0.3) is 0 Å². The number of nitrogens with one attached hydrogen (secondary N) is 1. The van der Waals surface area contributed by atoms with Crippen molar-refractivity contribution in [2.24, 2.45) is 17.8 Å². The predicted octanol–water partition coefficient (Wildman–Crippen LogP) is 3.71. The van der Waals surface area contributed by atoms with Crippen LogP contribution in [0.3, 0.4) is 0 Å². The predicted molar refractivity (Wildman–Crippen MR) is 81.0 cm³/mol. The van der Waals surface area contributed by atoms with Gasteiger partial charge in [-0.3, -0.25) is 0 Å².